The van der Waals surface area contributed by atoms with Crippen molar-refractivity contribution in [3.63, 3.8) is 0 Å². The van der Waals surface area contributed by atoms with E-state index >= 15 is 0 Å². The Hall–Kier alpha value is -1.80. The zero-order chi connectivity index (χ0) is 19.5. The summed E-state index contributed by atoms with van der Waals surface area (Å²) in [5, 5.41) is 6.68. The van der Waals surface area contributed by atoms with Crippen LogP contribution in [0.1, 0.15) is 25.0 Å². The molecule has 0 aliphatic rings. The lowest BCUT2D eigenvalue weighted by Crippen LogP contribution is -2.39. The van der Waals surface area contributed by atoms with Crippen molar-refractivity contribution in [2.45, 2.75) is 33.0 Å². The molecular formula is C22H33IN4O. The van der Waals surface area contributed by atoms with Crippen LogP contribution >= 0.6 is 24.0 Å². The van der Waals surface area contributed by atoms with E-state index in [2.05, 4.69) is 65.7 Å². The predicted octanol–water partition coefficient (Wildman–Crippen LogP) is 3.89. The molecule has 0 unspecified atom stereocenters. The lowest BCUT2D eigenvalue weighted by atomic mass is 10.1. The number of benzene rings is 2. The van der Waals surface area contributed by atoms with Crippen LogP contribution in [0.5, 0.6) is 5.75 Å². The minimum absolute atomic E-state index is 0. The monoisotopic (exact) mass is 496 g/mol. The molecule has 0 amide bonds. The molecule has 0 saturated heterocycles. The van der Waals surface area contributed by atoms with Crippen molar-refractivity contribution in [1.82, 2.24) is 15.5 Å². The van der Waals surface area contributed by atoms with Gasteiger partial charge in [-0.25, -0.2) is 0 Å². The van der Waals surface area contributed by atoms with Crippen LogP contribution in [0.4, 0.5) is 0 Å². The Bertz CT molecular complexity index is 707. The number of nitrogens with one attached hydrogen (secondary N) is 2. The largest absolute Gasteiger partial charge is 0.492 e. The van der Waals surface area contributed by atoms with E-state index in [0.29, 0.717) is 19.2 Å². The van der Waals surface area contributed by atoms with E-state index < -0.39 is 0 Å². The van der Waals surface area contributed by atoms with Gasteiger partial charge in [-0.3, -0.25) is 9.89 Å². The number of guanidine groups is 1. The molecule has 2 N–H and O–H groups in total. The highest BCUT2D eigenvalue weighted by molar-refractivity contribution is 14.0. The number of ether oxygens (including phenoxy) is 1. The first-order valence-corrected chi connectivity index (χ1v) is 9.49. The standard InChI is InChI=1S/C22H32N4O.HI/c1-18(2)26(4)17-20-11-9-8-10-19(20)16-25-22(23-3)24-14-15-27-21-12-6-5-7-13-21;/h5-13,18H,14-17H2,1-4H3,(H2,23,24,25);1H. The molecule has 0 atom stereocenters. The Kier molecular flexibility index (Phi) is 11.6. The second-order valence-electron chi connectivity index (χ2n) is 6.79. The van der Waals surface area contributed by atoms with E-state index in [1.807, 2.05) is 30.3 Å². The molecule has 0 aromatic heterocycles. The Morgan fingerprint density at radius 1 is 1.00 bits per heavy atom. The van der Waals surface area contributed by atoms with Crippen molar-refractivity contribution in [3.8, 4) is 5.75 Å². The first kappa shape index (κ1) is 24.2. The zero-order valence-corrected chi connectivity index (χ0v) is 19.6. The average Bonchev–Trinajstić information content (AvgIpc) is 2.69. The average molecular weight is 496 g/mol. The highest BCUT2D eigenvalue weighted by atomic mass is 127. The molecule has 0 saturated carbocycles. The van der Waals surface area contributed by atoms with E-state index in [0.717, 1.165) is 24.8 Å². The number of aliphatic imine (C=N–C) groups is 1. The highest BCUT2D eigenvalue weighted by Crippen LogP contribution is 2.12. The van der Waals surface area contributed by atoms with Crippen LogP contribution in [0.2, 0.25) is 0 Å². The second-order valence-corrected chi connectivity index (χ2v) is 6.79. The van der Waals surface area contributed by atoms with Gasteiger partial charge in [-0.1, -0.05) is 42.5 Å². The lowest BCUT2D eigenvalue weighted by molar-refractivity contribution is 0.265. The van der Waals surface area contributed by atoms with Crippen LogP contribution in [0.15, 0.2) is 59.6 Å². The summed E-state index contributed by atoms with van der Waals surface area (Å²) in [5.74, 6) is 1.66. The summed E-state index contributed by atoms with van der Waals surface area (Å²) in [4.78, 5) is 6.64. The van der Waals surface area contributed by atoms with E-state index in [-0.39, 0.29) is 24.0 Å². The molecule has 154 valence electrons. The normalized spacial score (nSPS) is 11.3. The fraction of sp³-hybridized carbons (Fsp3) is 0.409. The van der Waals surface area contributed by atoms with Crippen molar-refractivity contribution in [3.05, 3.63) is 65.7 Å². The van der Waals surface area contributed by atoms with Gasteiger partial charge in [-0.05, 0) is 44.2 Å². The van der Waals surface area contributed by atoms with Gasteiger partial charge in [0.25, 0.3) is 0 Å². The number of hydrogen-bond donors (Lipinski definition) is 2. The van der Waals surface area contributed by atoms with Crippen molar-refractivity contribution in [2.24, 2.45) is 4.99 Å². The van der Waals surface area contributed by atoms with Crippen LogP contribution in [0.3, 0.4) is 0 Å². The third-order valence-electron chi connectivity index (χ3n) is 4.50. The third-order valence-corrected chi connectivity index (χ3v) is 4.50. The minimum atomic E-state index is 0. The van der Waals surface area contributed by atoms with Gasteiger partial charge in [0.2, 0.25) is 0 Å². The van der Waals surface area contributed by atoms with E-state index in [1.165, 1.54) is 11.1 Å². The number of nitrogens with zero attached hydrogens (tertiary/aromatic N) is 2. The summed E-state index contributed by atoms with van der Waals surface area (Å²) < 4.78 is 5.70. The van der Waals surface area contributed by atoms with E-state index in [1.54, 1.807) is 7.05 Å². The second kappa shape index (κ2) is 13.4. The maximum atomic E-state index is 5.70. The molecule has 28 heavy (non-hydrogen) atoms. The van der Waals surface area contributed by atoms with Gasteiger partial charge >= 0.3 is 0 Å². The summed E-state index contributed by atoms with van der Waals surface area (Å²) in [7, 11) is 3.94. The van der Waals surface area contributed by atoms with Crippen molar-refractivity contribution >= 4 is 29.9 Å². The van der Waals surface area contributed by atoms with Gasteiger partial charge in [0, 0.05) is 26.2 Å². The first-order valence-electron chi connectivity index (χ1n) is 9.49. The molecule has 2 aromatic rings. The molecule has 6 heteroatoms. The summed E-state index contributed by atoms with van der Waals surface area (Å²) >= 11 is 0. The van der Waals surface area contributed by atoms with Gasteiger partial charge in [-0.2, -0.15) is 0 Å². The first-order chi connectivity index (χ1) is 13.1. The Morgan fingerprint density at radius 2 is 1.64 bits per heavy atom. The van der Waals surface area contributed by atoms with Crippen LogP contribution in [-0.2, 0) is 13.1 Å². The SMILES string of the molecule is CN=C(NCCOc1ccccc1)NCc1ccccc1CN(C)C(C)C.I. The van der Waals surface area contributed by atoms with Gasteiger partial charge in [0.05, 0.1) is 6.54 Å². The summed E-state index contributed by atoms with van der Waals surface area (Å²) in [6.07, 6.45) is 0. The summed E-state index contributed by atoms with van der Waals surface area (Å²) in [6.45, 7) is 7.37. The summed E-state index contributed by atoms with van der Waals surface area (Å²) in [5.41, 5.74) is 2.62. The quantitative estimate of drug-likeness (QED) is 0.240. The maximum absolute atomic E-state index is 5.70. The van der Waals surface area contributed by atoms with Gasteiger partial charge < -0.3 is 15.4 Å². The van der Waals surface area contributed by atoms with Crippen molar-refractivity contribution in [1.29, 1.82) is 0 Å². The molecule has 0 aliphatic carbocycles. The molecule has 0 heterocycles. The van der Waals surface area contributed by atoms with Crippen molar-refractivity contribution in [2.75, 3.05) is 27.2 Å². The smallest absolute Gasteiger partial charge is 0.191 e. The maximum Gasteiger partial charge on any atom is 0.191 e. The fourth-order valence-corrected chi connectivity index (χ4v) is 2.59. The molecule has 5 nitrogen and oxygen atoms in total. The molecular weight excluding hydrogens is 463 g/mol. The Labute approximate surface area is 186 Å². The number of para-hydroxylation sites is 1. The minimum Gasteiger partial charge on any atom is -0.492 e. The number of rotatable bonds is 9. The van der Waals surface area contributed by atoms with E-state index in [4.69, 9.17) is 4.74 Å². The van der Waals surface area contributed by atoms with Gasteiger partial charge in [0.1, 0.15) is 12.4 Å². The Morgan fingerprint density at radius 3 is 2.29 bits per heavy atom. The molecule has 0 bridgehead atoms. The van der Waals surface area contributed by atoms with Gasteiger partial charge in [0.15, 0.2) is 5.96 Å². The molecule has 0 radical (unpaired) electrons. The van der Waals surface area contributed by atoms with Crippen LogP contribution < -0.4 is 15.4 Å². The van der Waals surface area contributed by atoms with Crippen molar-refractivity contribution < 1.29 is 4.74 Å². The Balaban J connectivity index is 0.00000392. The molecule has 0 aliphatic heterocycles. The molecule has 0 fully saturated rings. The highest BCUT2D eigenvalue weighted by Gasteiger charge is 2.08. The molecule has 2 rings (SSSR count). The number of halogens is 1. The third kappa shape index (κ3) is 8.48. The topological polar surface area (TPSA) is 48.9 Å². The van der Waals surface area contributed by atoms with Gasteiger partial charge in [-0.15, -0.1) is 24.0 Å². The zero-order valence-electron chi connectivity index (χ0n) is 17.3. The van der Waals surface area contributed by atoms with Crippen LogP contribution in [0, 0.1) is 0 Å². The predicted molar refractivity (Wildman–Crippen MR) is 129 cm³/mol. The summed E-state index contributed by atoms with van der Waals surface area (Å²) in [6, 6.07) is 18.9. The number of hydrogen-bond acceptors (Lipinski definition) is 3. The lowest BCUT2D eigenvalue weighted by Gasteiger charge is -2.23. The fourth-order valence-electron chi connectivity index (χ4n) is 2.59. The molecule has 0 spiro atoms. The van der Waals surface area contributed by atoms with Crippen LogP contribution in [-0.4, -0.2) is 44.1 Å². The van der Waals surface area contributed by atoms with Crippen LogP contribution in [0.25, 0.3) is 0 Å². The van der Waals surface area contributed by atoms with E-state index in [9.17, 15) is 0 Å². The molecule has 2 aromatic carbocycles.